The molecule has 0 saturated carbocycles. The lowest BCUT2D eigenvalue weighted by atomic mass is 9.87. The SMILES string of the molecule is CCC(CC)C1CCN(C(=NC)NCc2cccnc2N2CCOCC2)C1. The lowest BCUT2D eigenvalue weighted by Gasteiger charge is -2.30. The van der Waals surface area contributed by atoms with E-state index in [0.717, 1.165) is 69.6 Å². The molecule has 1 unspecified atom stereocenters. The van der Waals surface area contributed by atoms with E-state index in [1.54, 1.807) is 0 Å². The Morgan fingerprint density at radius 3 is 2.78 bits per heavy atom. The quantitative estimate of drug-likeness (QED) is 0.614. The van der Waals surface area contributed by atoms with Gasteiger partial charge in [0.1, 0.15) is 5.82 Å². The summed E-state index contributed by atoms with van der Waals surface area (Å²) >= 11 is 0. The zero-order chi connectivity index (χ0) is 19.1. The van der Waals surface area contributed by atoms with Crippen molar-refractivity contribution in [2.75, 3.05) is 51.3 Å². The van der Waals surface area contributed by atoms with Crippen LogP contribution in [0.15, 0.2) is 23.3 Å². The van der Waals surface area contributed by atoms with E-state index in [-0.39, 0.29) is 0 Å². The monoisotopic (exact) mass is 373 g/mol. The molecule has 2 saturated heterocycles. The maximum atomic E-state index is 5.48. The van der Waals surface area contributed by atoms with Gasteiger partial charge in [0.15, 0.2) is 5.96 Å². The topological polar surface area (TPSA) is 53.0 Å². The number of pyridine rings is 1. The minimum absolute atomic E-state index is 0.749. The second-order valence-corrected chi connectivity index (χ2v) is 7.56. The third-order valence-corrected chi connectivity index (χ3v) is 6.07. The fourth-order valence-corrected chi connectivity index (χ4v) is 4.45. The van der Waals surface area contributed by atoms with Gasteiger partial charge in [0.2, 0.25) is 0 Å². The van der Waals surface area contributed by atoms with Crippen molar-refractivity contribution < 1.29 is 4.74 Å². The molecule has 150 valence electrons. The fourth-order valence-electron chi connectivity index (χ4n) is 4.45. The minimum Gasteiger partial charge on any atom is -0.378 e. The van der Waals surface area contributed by atoms with E-state index < -0.39 is 0 Å². The maximum absolute atomic E-state index is 5.48. The fraction of sp³-hybridized carbons (Fsp3) is 0.714. The zero-order valence-corrected chi connectivity index (χ0v) is 17.2. The molecule has 2 aliphatic rings. The van der Waals surface area contributed by atoms with Gasteiger partial charge in [-0.15, -0.1) is 0 Å². The summed E-state index contributed by atoms with van der Waals surface area (Å²) in [5.74, 6) is 3.71. The van der Waals surface area contributed by atoms with Gasteiger partial charge in [0, 0.05) is 51.5 Å². The van der Waals surface area contributed by atoms with E-state index >= 15 is 0 Å². The zero-order valence-electron chi connectivity index (χ0n) is 17.2. The molecule has 3 rings (SSSR count). The molecule has 27 heavy (non-hydrogen) atoms. The Morgan fingerprint density at radius 2 is 2.07 bits per heavy atom. The molecule has 2 fully saturated rings. The van der Waals surface area contributed by atoms with Crippen molar-refractivity contribution in [2.24, 2.45) is 16.8 Å². The van der Waals surface area contributed by atoms with Gasteiger partial charge in [-0.3, -0.25) is 4.99 Å². The van der Waals surface area contributed by atoms with Crippen LogP contribution in [0.4, 0.5) is 5.82 Å². The molecular weight excluding hydrogens is 338 g/mol. The Bertz CT molecular complexity index is 610. The second-order valence-electron chi connectivity index (χ2n) is 7.56. The number of morpholine rings is 1. The van der Waals surface area contributed by atoms with Gasteiger partial charge in [0.05, 0.1) is 13.2 Å². The molecular formula is C21H35N5O. The average molecular weight is 374 g/mol. The Hall–Kier alpha value is -1.82. The third-order valence-electron chi connectivity index (χ3n) is 6.07. The van der Waals surface area contributed by atoms with Crippen molar-refractivity contribution in [3.8, 4) is 0 Å². The number of aromatic nitrogens is 1. The predicted octanol–water partition coefficient (Wildman–Crippen LogP) is 2.75. The van der Waals surface area contributed by atoms with E-state index in [1.807, 2.05) is 19.3 Å². The first-order chi connectivity index (χ1) is 13.3. The number of hydrogen-bond acceptors (Lipinski definition) is 4. The lowest BCUT2D eigenvalue weighted by Crippen LogP contribution is -2.41. The summed E-state index contributed by atoms with van der Waals surface area (Å²) in [6.07, 6.45) is 5.71. The third kappa shape index (κ3) is 4.92. The number of rotatable bonds is 6. The molecule has 0 spiro atoms. The number of likely N-dealkylation sites (tertiary alicyclic amines) is 1. The van der Waals surface area contributed by atoms with Gasteiger partial charge in [-0.25, -0.2) is 4.98 Å². The van der Waals surface area contributed by atoms with Crippen molar-refractivity contribution >= 4 is 11.8 Å². The van der Waals surface area contributed by atoms with Crippen LogP contribution in [0.2, 0.25) is 0 Å². The number of aliphatic imine (C=N–C) groups is 1. The van der Waals surface area contributed by atoms with E-state index in [4.69, 9.17) is 4.74 Å². The van der Waals surface area contributed by atoms with Crippen LogP contribution in [0.5, 0.6) is 0 Å². The Morgan fingerprint density at radius 1 is 1.30 bits per heavy atom. The summed E-state index contributed by atoms with van der Waals surface area (Å²) in [5.41, 5.74) is 1.22. The highest BCUT2D eigenvalue weighted by molar-refractivity contribution is 5.80. The first-order valence-electron chi connectivity index (χ1n) is 10.5. The van der Waals surface area contributed by atoms with Crippen LogP contribution in [0.25, 0.3) is 0 Å². The van der Waals surface area contributed by atoms with Gasteiger partial charge in [-0.1, -0.05) is 32.8 Å². The number of hydrogen-bond donors (Lipinski definition) is 1. The summed E-state index contributed by atoms with van der Waals surface area (Å²) in [4.78, 5) is 13.9. The highest BCUT2D eigenvalue weighted by atomic mass is 16.5. The molecule has 1 N–H and O–H groups in total. The largest absolute Gasteiger partial charge is 0.378 e. The first-order valence-corrected chi connectivity index (χ1v) is 10.5. The lowest BCUT2D eigenvalue weighted by molar-refractivity contribution is 0.122. The summed E-state index contributed by atoms with van der Waals surface area (Å²) < 4.78 is 5.48. The molecule has 0 radical (unpaired) electrons. The van der Waals surface area contributed by atoms with Crippen molar-refractivity contribution in [1.29, 1.82) is 0 Å². The minimum atomic E-state index is 0.749. The molecule has 0 aliphatic carbocycles. The number of ether oxygens (including phenoxy) is 1. The van der Waals surface area contributed by atoms with E-state index in [9.17, 15) is 0 Å². The van der Waals surface area contributed by atoms with Crippen molar-refractivity contribution in [3.05, 3.63) is 23.9 Å². The first kappa shape index (κ1) is 19.9. The molecule has 1 aromatic heterocycles. The van der Waals surface area contributed by atoms with E-state index in [1.165, 1.54) is 24.8 Å². The Balaban J connectivity index is 1.61. The molecule has 6 nitrogen and oxygen atoms in total. The average Bonchev–Trinajstić information content (AvgIpc) is 3.20. The van der Waals surface area contributed by atoms with Gasteiger partial charge in [-0.05, 0) is 24.3 Å². The predicted molar refractivity (Wildman–Crippen MR) is 111 cm³/mol. The van der Waals surface area contributed by atoms with Crippen LogP contribution < -0.4 is 10.2 Å². The van der Waals surface area contributed by atoms with Crippen molar-refractivity contribution in [3.63, 3.8) is 0 Å². The standard InChI is InChI=1S/C21H35N5O/c1-4-17(5-2)19-8-10-26(16-19)21(22-3)24-15-18-7-6-9-23-20(18)25-11-13-27-14-12-25/h6-7,9,17,19H,4-5,8,10-16H2,1-3H3,(H,22,24). The number of guanidine groups is 1. The highest BCUT2D eigenvalue weighted by Crippen LogP contribution is 2.28. The maximum Gasteiger partial charge on any atom is 0.193 e. The van der Waals surface area contributed by atoms with Gasteiger partial charge < -0.3 is 19.9 Å². The summed E-state index contributed by atoms with van der Waals surface area (Å²) in [7, 11) is 1.89. The van der Waals surface area contributed by atoms with Crippen molar-refractivity contribution in [1.82, 2.24) is 15.2 Å². The number of anilines is 1. The van der Waals surface area contributed by atoms with Crippen LogP contribution in [0.3, 0.4) is 0 Å². The van der Waals surface area contributed by atoms with Gasteiger partial charge >= 0.3 is 0 Å². The molecule has 0 amide bonds. The van der Waals surface area contributed by atoms with Crippen molar-refractivity contribution in [2.45, 2.75) is 39.7 Å². The summed E-state index contributed by atoms with van der Waals surface area (Å²) in [6, 6.07) is 4.18. The Labute approximate surface area is 164 Å². The van der Waals surface area contributed by atoms with Crippen LogP contribution in [-0.4, -0.2) is 62.3 Å². The molecule has 3 heterocycles. The molecule has 0 bridgehead atoms. The molecule has 6 heteroatoms. The summed E-state index contributed by atoms with van der Waals surface area (Å²) in [5, 5.41) is 3.58. The second kappa shape index (κ2) is 9.93. The normalized spacial score (nSPS) is 21.2. The van der Waals surface area contributed by atoms with Gasteiger partial charge in [0.25, 0.3) is 0 Å². The van der Waals surface area contributed by atoms with Crippen LogP contribution in [0, 0.1) is 11.8 Å². The number of nitrogens with zero attached hydrogens (tertiary/aromatic N) is 4. The van der Waals surface area contributed by atoms with E-state index in [2.05, 4.69) is 45.0 Å². The van der Waals surface area contributed by atoms with E-state index in [0.29, 0.717) is 0 Å². The van der Waals surface area contributed by atoms with Crippen LogP contribution >= 0.6 is 0 Å². The molecule has 1 aromatic rings. The van der Waals surface area contributed by atoms with Gasteiger partial charge in [-0.2, -0.15) is 0 Å². The molecule has 0 aromatic carbocycles. The molecule has 2 aliphatic heterocycles. The highest BCUT2D eigenvalue weighted by Gasteiger charge is 2.29. The smallest absolute Gasteiger partial charge is 0.193 e. The molecule has 1 atom stereocenters. The number of nitrogens with one attached hydrogen (secondary N) is 1. The summed E-state index contributed by atoms with van der Waals surface area (Å²) in [6.45, 7) is 11.0. The van der Waals surface area contributed by atoms with Crippen LogP contribution in [-0.2, 0) is 11.3 Å². The van der Waals surface area contributed by atoms with Crippen LogP contribution in [0.1, 0.15) is 38.7 Å². The Kier molecular flexibility index (Phi) is 7.33.